The van der Waals surface area contributed by atoms with E-state index < -0.39 is 5.97 Å². The van der Waals surface area contributed by atoms with Crippen molar-refractivity contribution < 1.29 is 19.1 Å². The lowest BCUT2D eigenvalue weighted by molar-refractivity contribution is -0.147. The number of esters is 1. The summed E-state index contributed by atoms with van der Waals surface area (Å²) in [5, 5.41) is 0. The molecule has 0 bridgehead atoms. The Bertz CT molecular complexity index is 779. The Balaban J connectivity index is 1.78. The second-order valence-corrected chi connectivity index (χ2v) is 6.18. The van der Waals surface area contributed by atoms with Crippen molar-refractivity contribution in [3.63, 3.8) is 0 Å². The molecular formula is C22H25NO4. The van der Waals surface area contributed by atoms with Gasteiger partial charge in [0.1, 0.15) is 5.75 Å². The number of ether oxygens (including phenoxy) is 2. The predicted molar refractivity (Wildman–Crippen MR) is 105 cm³/mol. The van der Waals surface area contributed by atoms with Crippen molar-refractivity contribution in [2.24, 2.45) is 0 Å². The molecule has 2 aromatic carbocycles. The van der Waals surface area contributed by atoms with Crippen LogP contribution in [-0.4, -0.2) is 37.0 Å². The van der Waals surface area contributed by atoms with Crippen molar-refractivity contribution in [3.8, 4) is 5.75 Å². The number of hydrogen-bond acceptors (Lipinski definition) is 4. The zero-order valence-corrected chi connectivity index (χ0v) is 16.0. The molecule has 0 unspecified atom stereocenters. The van der Waals surface area contributed by atoms with E-state index in [2.05, 4.69) is 0 Å². The van der Waals surface area contributed by atoms with Crippen LogP contribution >= 0.6 is 0 Å². The Kier molecular flexibility index (Phi) is 7.62. The Morgan fingerprint density at radius 3 is 2.33 bits per heavy atom. The SMILES string of the molecule is CCOc1ccc(CN(C)C(=O)COC(=O)/C=C/c2ccc(C)cc2)cc1. The third-order valence-electron chi connectivity index (χ3n) is 3.91. The fourth-order valence-corrected chi connectivity index (χ4v) is 2.35. The van der Waals surface area contributed by atoms with Gasteiger partial charge in [-0.15, -0.1) is 0 Å². The monoisotopic (exact) mass is 367 g/mol. The Labute approximate surface area is 160 Å². The van der Waals surface area contributed by atoms with Gasteiger partial charge in [-0.25, -0.2) is 4.79 Å². The molecule has 5 heteroatoms. The summed E-state index contributed by atoms with van der Waals surface area (Å²) in [5.41, 5.74) is 3.02. The number of hydrogen-bond donors (Lipinski definition) is 0. The maximum atomic E-state index is 12.1. The highest BCUT2D eigenvalue weighted by Crippen LogP contribution is 2.13. The van der Waals surface area contributed by atoms with Crippen molar-refractivity contribution in [2.45, 2.75) is 20.4 Å². The summed E-state index contributed by atoms with van der Waals surface area (Å²) in [6.45, 7) is 4.68. The van der Waals surface area contributed by atoms with Crippen LogP contribution < -0.4 is 4.74 Å². The van der Waals surface area contributed by atoms with E-state index in [-0.39, 0.29) is 12.5 Å². The number of rotatable bonds is 8. The minimum atomic E-state index is -0.543. The van der Waals surface area contributed by atoms with Crippen LogP contribution in [0.5, 0.6) is 5.75 Å². The van der Waals surface area contributed by atoms with Crippen molar-refractivity contribution in [3.05, 3.63) is 71.3 Å². The molecule has 2 aromatic rings. The maximum absolute atomic E-state index is 12.1. The average Bonchev–Trinajstić information content (AvgIpc) is 2.67. The number of carbonyl (C=O) groups is 2. The van der Waals surface area contributed by atoms with Crippen LogP contribution in [-0.2, 0) is 20.9 Å². The summed E-state index contributed by atoms with van der Waals surface area (Å²) in [5.74, 6) is -0.0103. The van der Waals surface area contributed by atoms with Gasteiger partial charge in [0.15, 0.2) is 6.61 Å². The predicted octanol–water partition coefficient (Wildman–Crippen LogP) is 3.61. The molecule has 0 aliphatic carbocycles. The van der Waals surface area contributed by atoms with Crippen LogP contribution in [0.4, 0.5) is 0 Å². The van der Waals surface area contributed by atoms with Gasteiger partial charge in [-0.1, -0.05) is 42.0 Å². The van der Waals surface area contributed by atoms with E-state index in [4.69, 9.17) is 9.47 Å². The summed E-state index contributed by atoms with van der Waals surface area (Å²) in [6.07, 6.45) is 2.99. The second kappa shape index (κ2) is 10.2. The topological polar surface area (TPSA) is 55.8 Å². The molecule has 27 heavy (non-hydrogen) atoms. The van der Waals surface area contributed by atoms with E-state index in [0.717, 1.165) is 22.4 Å². The zero-order valence-electron chi connectivity index (χ0n) is 16.0. The highest BCUT2D eigenvalue weighted by Gasteiger charge is 2.11. The summed E-state index contributed by atoms with van der Waals surface area (Å²) >= 11 is 0. The lowest BCUT2D eigenvalue weighted by Gasteiger charge is -2.17. The smallest absolute Gasteiger partial charge is 0.331 e. The standard InChI is InChI=1S/C22H25NO4/c1-4-26-20-12-9-19(10-13-20)15-23(3)21(24)16-27-22(25)14-11-18-7-5-17(2)6-8-18/h5-14H,4,15-16H2,1-3H3/b14-11+. The Morgan fingerprint density at radius 2 is 1.70 bits per heavy atom. The van der Waals surface area contributed by atoms with Crippen molar-refractivity contribution in [2.75, 3.05) is 20.3 Å². The maximum Gasteiger partial charge on any atom is 0.331 e. The van der Waals surface area contributed by atoms with Gasteiger partial charge in [0.05, 0.1) is 6.61 Å². The van der Waals surface area contributed by atoms with Crippen LogP contribution in [0.3, 0.4) is 0 Å². The zero-order chi connectivity index (χ0) is 19.6. The normalized spacial score (nSPS) is 10.6. The molecule has 0 saturated carbocycles. The molecule has 142 valence electrons. The molecule has 0 fully saturated rings. The first-order chi connectivity index (χ1) is 13.0. The van der Waals surface area contributed by atoms with E-state index in [1.807, 2.05) is 62.4 Å². The average molecular weight is 367 g/mol. The fourth-order valence-electron chi connectivity index (χ4n) is 2.35. The van der Waals surface area contributed by atoms with Crippen LogP contribution in [0.1, 0.15) is 23.6 Å². The highest BCUT2D eigenvalue weighted by molar-refractivity contribution is 5.89. The summed E-state index contributed by atoms with van der Waals surface area (Å²) < 4.78 is 10.4. The molecule has 0 aliphatic heterocycles. The number of nitrogens with zero attached hydrogens (tertiary/aromatic N) is 1. The van der Waals surface area contributed by atoms with E-state index in [9.17, 15) is 9.59 Å². The number of amides is 1. The lowest BCUT2D eigenvalue weighted by Crippen LogP contribution is -2.30. The van der Waals surface area contributed by atoms with Gasteiger partial charge >= 0.3 is 5.97 Å². The summed E-state index contributed by atoms with van der Waals surface area (Å²) in [6, 6.07) is 15.3. The minimum absolute atomic E-state index is 0.263. The largest absolute Gasteiger partial charge is 0.494 e. The van der Waals surface area contributed by atoms with Gasteiger partial charge in [0.25, 0.3) is 5.91 Å². The molecule has 0 N–H and O–H groups in total. The molecule has 0 spiro atoms. The van der Waals surface area contributed by atoms with Crippen LogP contribution in [0, 0.1) is 6.92 Å². The van der Waals surface area contributed by atoms with Gasteiger partial charge in [-0.05, 0) is 43.2 Å². The van der Waals surface area contributed by atoms with E-state index in [1.54, 1.807) is 13.1 Å². The first kappa shape index (κ1) is 20.2. The Hall–Kier alpha value is -3.08. The van der Waals surface area contributed by atoms with E-state index in [0.29, 0.717) is 13.2 Å². The molecule has 0 heterocycles. The van der Waals surface area contributed by atoms with Crippen LogP contribution in [0.15, 0.2) is 54.6 Å². The molecule has 0 aromatic heterocycles. The molecule has 5 nitrogen and oxygen atoms in total. The second-order valence-electron chi connectivity index (χ2n) is 6.18. The lowest BCUT2D eigenvalue weighted by atomic mass is 10.1. The quantitative estimate of drug-likeness (QED) is 0.528. The van der Waals surface area contributed by atoms with Crippen molar-refractivity contribution in [1.82, 2.24) is 4.90 Å². The summed E-state index contributed by atoms with van der Waals surface area (Å²) in [7, 11) is 1.68. The third-order valence-corrected chi connectivity index (χ3v) is 3.91. The molecule has 0 radical (unpaired) electrons. The molecule has 0 saturated heterocycles. The van der Waals surface area contributed by atoms with Gasteiger partial charge in [0, 0.05) is 19.7 Å². The third kappa shape index (κ3) is 6.98. The first-order valence-electron chi connectivity index (χ1n) is 8.85. The highest BCUT2D eigenvalue weighted by atomic mass is 16.5. The van der Waals surface area contributed by atoms with Crippen LogP contribution in [0.25, 0.3) is 6.08 Å². The van der Waals surface area contributed by atoms with Crippen molar-refractivity contribution >= 4 is 18.0 Å². The number of carbonyl (C=O) groups excluding carboxylic acids is 2. The first-order valence-corrected chi connectivity index (χ1v) is 8.85. The number of aryl methyl sites for hydroxylation is 1. The van der Waals surface area contributed by atoms with E-state index in [1.165, 1.54) is 11.0 Å². The molecule has 2 rings (SSSR count). The minimum Gasteiger partial charge on any atom is -0.494 e. The number of likely N-dealkylation sites (N-methyl/N-ethyl adjacent to an activating group) is 1. The van der Waals surface area contributed by atoms with E-state index >= 15 is 0 Å². The van der Waals surface area contributed by atoms with Gasteiger partial charge < -0.3 is 14.4 Å². The molecule has 0 atom stereocenters. The van der Waals surface area contributed by atoms with Gasteiger partial charge in [-0.2, -0.15) is 0 Å². The fraction of sp³-hybridized carbons (Fsp3) is 0.273. The van der Waals surface area contributed by atoms with Gasteiger partial charge in [0.2, 0.25) is 0 Å². The number of benzene rings is 2. The molecular weight excluding hydrogens is 342 g/mol. The Morgan fingerprint density at radius 1 is 1.04 bits per heavy atom. The van der Waals surface area contributed by atoms with Crippen molar-refractivity contribution in [1.29, 1.82) is 0 Å². The molecule has 0 aliphatic rings. The van der Waals surface area contributed by atoms with Gasteiger partial charge in [-0.3, -0.25) is 4.79 Å². The molecule has 1 amide bonds. The van der Waals surface area contributed by atoms with Crippen LogP contribution in [0.2, 0.25) is 0 Å². The summed E-state index contributed by atoms with van der Waals surface area (Å²) in [4.78, 5) is 25.4.